The normalized spacial score (nSPS) is 11.6. The van der Waals surface area contributed by atoms with E-state index in [1.165, 1.54) is 28.2 Å². The first kappa shape index (κ1) is 22.6. The van der Waals surface area contributed by atoms with Crippen molar-refractivity contribution in [2.45, 2.75) is 32.2 Å². The van der Waals surface area contributed by atoms with Crippen LogP contribution < -0.4 is 15.0 Å². The summed E-state index contributed by atoms with van der Waals surface area (Å²) < 4.78 is 35.3. The zero-order valence-electron chi connectivity index (χ0n) is 16.7. The summed E-state index contributed by atoms with van der Waals surface area (Å²) in [4.78, 5) is 17.5. The van der Waals surface area contributed by atoms with E-state index in [1.54, 1.807) is 25.1 Å². The fourth-order valence-corrected chi connectivity index (χ4v) is 5.42. The van der Waals surface area contributed by atoms with E-state index in [0.717, 1.165) is 15.6 Å². The molecular formula is C19H21BrN4O4S2. The summed E-state index contributed by atoms with van der Waals surface area (Å²) in [6.45, 7) is 6.00. The van der Waals surface area contributed by atoms with Crippen LogP contribution in [0.25, 0.3) is 10.6 Å². The van der Waals surface area contributed by atoms with Gasteiger partial charge in [0.1, 0.15) is 16.3 Å². The van der Waals surface area contributed by atoms with E-state index in [4.69, 9.17) is 4.74 Å². The Labute approximate surface area is 187 Å². The molecule has 0 amide bonds. The maximum Gasteiger partial charge on any atom is 0.266 e. The number of halogens is 1. The maximum atomic E-state index is 12.8. The second-order valence-corrected chi connectivity index (χ2v) is 10.2. The number of benzene rings is 1. The number of ether oxygens (including phenoxy) is 1. The average molecular weight is 513 g/mol. The van der Waals surface area contributed by atoms with Gasteiger partial charge in [0.25, 0.3) is 5.56 Å². The molecule has 0 fully saturated rings. The van der Waals surface area contributed by atoms with E-state index in [-0.39, 0.29) is 29.3 Å². The summed E-state index contributed by atoms with van der Waals surface area (Å²) in [5.41, 5.74) is 1.16. The molecule has 0 atom stereocenters. The second-order valence-electron chi connectivity index (χ2n) is 6.35. The number of thiazole rings is 1. The van der Waals surface area contributed by atoms with E-state index in [2.05, 4.69) is 30.7 Å². The van der Waals surface area contributed by atoms with E-state index in [1.807, 2.05) is 13.8 Å². The highest BCUT2D eigenvalue weighted by molar-refractivity contribution is 9.10. The van der Waals surface area contributed by atoms with Crippen LogP contribution in [-0.4, -0.2) is 36.3 Å². The first-order valence-corrected chi connectivity index (χ1v) is 12.2. The molecule has 0 saturated heterocycles. The molecule has 0 saturated carbocycles. The lowest BCUT2D eigenvalue weighted by atomic mass is 10.3. The van der Waals surface area contributed by atoms with Gasteiger partial charge < -0.3 is 4.74 Å². The average Bonchev–Trinajstić information content (AvgIpc) is 3.03. The lowest BCUT2D eigenvalue weighted by Crippen LogP contribution is -2.32. The first-order valence-electron chi connectivity index (χ1n) is 9.16. The van der Waals surface area contributed by atoms with Gasteiger partial charge in [-0.1, -0.05) is 15.9 Å². The van der Waals surface area contributed by atoms with E-state index >= 15 is 0 Å². The van der Waals surface area contributed by atoms with Gasteiger partial charge in [0, 0.05) is 17.1 Å². The second kappa shape index (κ2) is 9.38. The summed E-state index contributed by atoms with van der Waals surface area (Å²) >= 11 is 4.78. The standard InChI is InChI=1S/C19H21BrN4O4S2/c1-4-28-16-7-5-14(20)11-17(16)30(26,27)21-9-10-24-18(25)8-6-15(23-24)19-12(2)22-13(3)29-19/h5-8,11,21H,4,9-10H2,1-3H3. The molecule has 8 nitrogen and oxygen atoms in total. The van der Waals surface area contributed by atoms with Crippen molar-refractivity contribution in [2.75, 3.05) is 13.2 Å². The Kier molecular flexibility index (Phi) is 7.06. The third-order valence-electron chi connectivity index (χ3n) is 4.11. The van der Waals surface area contributed by atoms with Crippen LogP contribution in [0.1, 0.15) is 17.6 Å². The van der Waals surface area contributed by atoms with Gasteiger partial charge in [-0.2, -0.15) is 5.10 Å². The Hall–Kier alpha value is -2.08. The monoisotopic (exact) mass is 512 g/mol. The van der Waals surface area contributed by atoms with Gasteiger partial charge in [-0.25, -0.2) is 22.8 Å². The number of sulfonamides is 1. The molecule has 1 aromatic carbocycles. The number of nitrogens with zero attached hydrogens (tertiary/aromatic N) is 3. The molecule has 0 radical (unpaired) electrons. The van der Waals surface area contributed by atoms with Gasteiger partial charge in [-0.15, -0.1) is 11.3 Å². The maximum absolute atomic E-state index is 12.8. The van der Waals surface area contributed by atoms with Gasteiger partial charge in [0.15, 0.2) is 0 Å². The Balaban J connectivity index is 1.78. The Bertz CT molecular complexity index is 1220. The van der Waals surface area contributed by atoms with Gasteiger partial charge in [0.2, 0.25) is 10.0 Å². The fourth-order valence-electron chi connectivity index (χ4n) is 2.83. The smallest absolute Gasteiger partial charge is 0.266 e. The van der Waals surface area contributed by atoms with Crippen molar-refractivity contribution in [1.82, 2.24) is 19.5 Å². The van der Waals surface area contributed by atoms with E-state index in [0.29, 0.717) is 16.8 Å². The zero-order chi connectivity index (χ0) is 21.9. The van der Waals surface area contributed by atoms with Crippen LogP contribution in [0.5, 0.6) is 5.75 Å². The van der Waals surface area contributed by atoms with Crippen LogP contribution in [0.15, 0.2) is 44.5 Å². The third-order valence-corrected chi connectivity index (χ3v) is 7.18. The highest BCUT2D eigenvalue weighted by Gasteiger charge is 2.20. The molecule has 0 unspecified atom stereocenters. The van der Waals surface area contributed by atoms with Crippen molar-refractivity contribution in [2.24, 2.45) is 0 Å². The molecule has 0 bridgehead atoms. The first-order chi connectivity index (χ1) is 14.2. The van der Waals surface area contributed by atoms with Gasteiger partial charge in [-0.3, -0.25) is 4.79 Å². The summed E-state index contributed by atoms with van der Waals surface area (Å²) in [7, 11) is -3.84. The molecule has 0 aliphatic heterocycles. The summed E-state index contributed by atoms with van der Waals surface area (Å²) in [6, 6.07) is 7.86. The summed E-state index contributed by atoms with van der Waals surface area (Å²) in [5.74, 6) is 0.265. The molecule has 2 heterocycles. The number of hydrogen-bond acceptors (Lipinski definition) is 7. The molecule has 2 aromatic heterocycles. The van der Waals surface area contributed by atoms with Crippen LogP contribution in [0, 0.1) is 13.8 Å². The zero-order valence-corrected chi connectivity index (χ0v) is 19.9. The topological polar surface area (TPSA) is 103 Å². The number of aromatic nitrogens is 3. The van der Waals surface area contributed by atoms with Crippen LogP contribution in [0.3, 0.4) is 0 Å². The lowest BCUT2D eigenvalue weighted by molar-refractivity contribution is 0.331. The van der Waals surface area contributed by atoms with Crippen molar-refractivity contribution < 1.29 is 13.2 Å². The molecule has 30 heavy (non-hydrogen) atoms. The molecule has 3 rings (SSSR count). The van der Waals surface area contributed by atoms with Crippen molar-refractivity contribution in [3.63, 3.8) is 0 Å². The lowest BCUT2D eigenvalue weighted by Gasteiger charge is -2.13. The number of aryl methyl sites for hydroxylation is 2. The van der Waals surface area contributed by atoms with Gasteiger partial charge in [0.05, 0.1) is 28.7 Å². The Morgan fingerprint density at radius 1 is 1.23 bits per heavy atom. The quantitative estimate of drug-likeness (QED) is 0.497. The molecule has 11 heteroatoms. The minimum Gasteiger partial charge on any atom is -0.492 e. The Morgan fingerprint density at radius 3 is 2.67 bits per heavy atom. The predicted octanol–water partition coefficient (Wildman–Crippen LogP) is 3.12. The van der Waals surface area contributed by atoms with Gasteiger partial charge in [-0.05, 0) is 45.0 Å². The molecule has 3 aromatic rings. The van der Waals surface area contributed by atoms with E-state index < -0.39 is 10.0 Å². The van der Waals surface area contributed by atoms with Crippen molar-refractivity contribution in [1.29, 1.82) is 0 Å². The van der Waals surface area contributed by atoms with Crippen molar-refractivity contribution in [3.8, 4) is 16.3 Å². The van der Waals surface area contributed by atoms with Crippen LogP contribution in [0.4, 0.5) is 0 Å². The largest absolute Gasteiger partial charge is 0.492 e. The molecule has 0 spiro atoms. The van der Waals surface area contributed by atoms with Crippen LogP contribution in [0.2, 0.25) is 0 Å². The van der Waals surface area contributed by atoms with Crippen LogP contribution >= 0.6 is 27.3 Å². The predicted molar refractivity (Wildman–Crippen MR) is 120 cm³/mol. The molecule has 1 N–H and O–H groups in total. The number of rotatable bonds is 8. The summed E-state index contributed by atoms with van der Waals surface area (Å²) in [6.07, 6.45) is 0. The highest BCUT2D eigenvalue weighted by Crippen LogP contribution is 2.28. The fraction of sp³-hybridized carbons (Fsp3) is 0.316. The summed E-state index contributed by atoms with van der Waals surface area (Å²) in [5, 5.41) is 5.29. The number of nitrogens with one attached hydrogen (secondary N) is 1. The molecule has 0 aliphatic rings. The van der Waals surface area contributed by atoms with Gasteiger partial charge >= 0.3 is 0 Å². The minimum atomic E-state index is -3.84. The van der Waals surface area contributed by atoms with Crippen molar-refractivity contribution >= 4 is 37.3 Å². The molecule has 0 aliphatic carbocycles. The molecular weight excluding hydrogens is 492 g/mol. The minimum absolute atomic E-state index is 0.00251. The molecule has 160 valence electrons. The van der Waals surface area contributed by atoms with Crippen LogP contribution in [-0.2, 0) is 16.6 Å². The SMILES string of the molecule is CCOc1ccc(Br)cc1S(=O)(=O)NCCn1nc(-c2sc(C)nc2C)ccc1=O. The van der Waals surface area contributed by atoms with Crippen molar-refractivity contribution in [3.05, 3.63) is 55.9 Å². The van der Waals surface area contributed by atoms with E-state index in [9.17, 15) is 13.2 Å². The third kappa shape index (κ3) is 5.15. The highest BCUT2D eigenvalue weighted by atomic mass is 79.9. The Morgan fingerprint density at radius 2 is 2.00 bits per heavy atom. The number of hydrogen-bond donors (Lipinski definition) is 1.